The van der Waals surface area contributed by atoms with E-state index in [2.05, 4.69) is 11.9 Å². The molecule has 0 heterocycles. The number of carboxylic acid groups (broad SMARTS) is 1. The van der Waals surface area contributed by atoms with E-state index in [4.69, 9.17) is 14.6 Å². The minimum Gasteiger partial charge on any atom is -0.480 e. The number of carbonyl (C=O) groups excluding carboxylic acids is 1. The summed E-state index contributed by atoms with van der Waals surface area (Å²) in [7, 11) is 1.49. The van der Waals surface area contributed by atoms with Crippen LogP contribution in [0.3, 0.4) is 0 Å². The van der Waals surface area contributed by atoms with Gasteiger partial charge < -0.3 is 19.9 Å². The molecule has 1 amide bonds. The molecular weight excluding hydrogens is 262 g/mol. The molecule has 6 heteroatoms. The lowest BCUT2D eigenvalue weighted by Crippen LogP contribution is -2.55. The maximum absolute atomic E-state index is 12.3. The van der Waals surface area contributed by atoms with Crippen LogP contribution in [0, 0.1) is 0 Å². The standard InChI is InChI=1S/C14H23NO5/c1-3-9-20-10-11(12(16)17)15-13(18)14(19-2)7-5-4-6-8-14/h3,11H,1,4-10H2,2H3,(H,15,18)(H,16,17). The molecule has 1 aliphatic rings. The van der Waals surface area contributed by atoms with E-state index < -0.39 is 17.6 Å². The van der Waals surface area contributed by atoms with Crippen LogP contribution >= 0.6 is 0 Å². The summed E-state index contributed by atoms with van der Waals surface area (Å²) in [6.45, 7) is 3.64. The van der Waals surface area contributed by atoms with Crippen LogP contribution < -0.4 is 5.32 Å². The number of methoxy groups -OCH3 is 1. The van der Waals surface area contributed by atoms with Crippen LogP contribution in [0.1, 0.15) is 32.1 Å². The Morgan fingerprint density at radius 3 is 2.55 bits per heavy atom. The first-order chi connectivity index (χ1) is 9.55. The van der Waals surface area contributed by atoms with Gasteiger partial charge in [-0.25, -0.2) is 4.79 Å². The zero-order valence-corrected chi connectivity index (χ0v) is 11.9. The Bertz CT molecular complexity index is 349. The second kappa shape index (κ2) is 8.01. The topological polar surface area (TPSA) is 84.9 Å². The highest BCUT2D eigenvalue weighted by Gasteiger charge is 2.41. The maximum Gasteiger partial charge on any atom is 0.328 e. The van der Waals surface area contributed by atoms with Gasteiger partial charge in [0.15, 0.2) is 6.04 Å². The van der Waals surface area contributed by atoms with Gasteiger partial charge in [-0.3, -0.25) is 4.79 Å². The molecule has 0 aromatic carbocycles. The molecule has 1 fully saturated rings. The third-order valence-electron chi connectivity index (χ3n) is 3.59. The van der Waals surface area contributed by atoms with Crippen LogP contribution in [0.25, 0.3) is 0 Å². The molecule has 0 aromatic heterocycles. The summed E-state index contributed by atoms with van der Waals surface area (Å²) < 4.78 is 10.5. The number of hydrogen-bond donors (Lipinski definition) is 2. The summed E-state index contributed by atoms with van der Waals surface area (Å²) >= 11 is 0. The van der Waals surface area contributed by atoms with Crippen molar-refractivity contribution in [1.82, 2.24) is 5.32 Å². The molecule has 0 aromatic rings. The third kappa shape index (κ3) is 4.31. The minimum atomic E-state index is -1.12. The van der Waals surface area contributed by atoms with Gasteiger partial charge in [0.2, 0.25) is 0 Å². The molecule has 6 nitrogen and oxygen atoms in total. The van der Waals surface area contributed by atoms with Gasteiger partial charge >= 0.3 is 5.97 Å². The Morgan fingerprint density at radius 2 is 2.05 bits per heavy atom. The highest BCUT2D eigenvalue weighted by Crippen LogP contribution is 2.31. The normalized spacial score (nSPS) is 19.1. The molecule has 0 saturated heterocycles. The molecule has 0 bridgehead atoms. The van der Waals surface area contributed by atoms with Crippen molar-refractivity contribution in [3.63, 3.8) is 0 Å². The maximum atomic E-state index is 12.3. The highest BCUT2D eigenvalue weighted by atomic mass is 16.5. The molecule has 1 rings (SSSR count). The minimum absolute atomic E-state index is 0.0904. The van der Waals surface area contributed by atoms with Crippen molar-refractivity contribution in [3.8, 4) is 0 Å². The van der Waals surface area contributed by atoms with Crippen LogP contribution in [0.15, 0.2) is 12.7 Å². The van der Waals surface area contributed by atoms with E-state index in [0.717, 1.165) is 19.3 Å². The molecule has 0 aliphatic heterocycles. The lowest BCUT2D eigenvalue weighted by Gasteiger charge is -2.35. The number of carboxylic acids is 1. The predicted molar refractivity (Wildman–Crippen MR) is 73.4 cm³/mol. The Balaban J connectivity index is 2.63. The fourth-order valence-electron chi connectivity index (χ4n) is 2.38. The van der Waals surface area contributed by atoms with Gasteiger partial charge in [-0.15, -0.1) is 6.58 Å². The van der Waals surface area contributed by atoms with E-state index >= 15 is 0 Å². The summed E-state index contributed by atoms with van der Waals surface area (Å²) in [6.07, 6.45) is 5.66. The van der Waals surface area contributed by atoms with Gasteiger partial charge in [0.25, 0.3) is 5.91 Å². The fourth-order valence-corrected chi connectivity index (χ4v) is 2.38. The van der Waals surface area contributed by atoms with Crippen molar-refractivity contribution >= 4 is 11.9 Å². The summed E-state index contributed by atoms with van der Waals surface area (Å²) in [5.41, 5.74) is -0.898. The van der Waals surface area contributed by atoms with E-state index in [1.54, 1.807) is 0 Å². The lowest BCUT2D eigenvalue weighted by atomic mass is 9.83. The molecular formula is C14H23NO5. The molecule has 20 heavy (non-hydrogen) atoms. The quantitative estimate of drug-likeness (QED) is 0.515. The van der Waals surface area contributed by atoms with Gasteiger partial charge in [-0.05, 0) is 12.8 Å². The number of ether oxygens (including phenoxy) is 2. The number of carbonyl (C=O) groups is 2. The van der Waals surface area contributed by atoms with Crippen LogP contribution in [-0.2, 0) is 19.1 Å². The van der Waals surface area contributed by atoms with Gasteiger partial charge in [0.05, 0.1) is 13.2 Å². The molecule has 114 valence electrons. The van der Waals surface area contributed by atoms with Crippen molar-refractivity contribution in [2.45, 2.75) is 43.7 Å². The highest BCUT2D eigenvalue weighted by molar-refractivity contribution is 5.89. The van der Waals surface area contributed by atoms with Crippen LogP contribution in [0.2, 0.25) is 0 Å². The number of rotatable bonds is 8. The predicted octanol–water partition coefficient (Wildman–Crippen LogP) is 1.11. The van der Waals surface area contributed by atoms with Gasteiger partial charge in [0.1, 0.15) is 5.60 Å². The first-order valence-electron chi connectivity index (χ1n) is 6.83. The summed E-state index contributed by atoms with van der Waals surface area (Å²) in [5.74, 6) is -1.49. The van der Waals surface area contributed by atoms with E-state index in [1.165, 1.54) is 13.2 Å². The fraction of sp³-hybridized carbons (Fsp3) is 0.714. The van der Waals surface area contributed by atoms with Gasteiger partial charge in [-0.2, -0.15) is 0 Å². The molecule has 1 aliphatic carbocycles. The number of amides is 1. The first kappa shape index (κ1) is 16.7. The lowest BCUT2D eigenvalue weighted by molar-refractivity contribution is -0.153. The zero-order valence-electron chi connectivity index (χ0n) is 11.9. The number of aliphatic carboxylic acids is 1. The molecule has 0 spiro atoms. The van der Waals surface area contributed by atoms with Gasteiger partial charge in [0, 0.05) is 7.11 Å². The smallest absolute Gasteiger partial charge is 0.328 e. The Kier molecular flexibility index (Phi) is 6.67. The zero-order chi connectivity index (χ0) is 15.0. The van der Waals surface area contributed by atoms with E-state index in [0.29, 0.717) is 12.8 Å². The van der Waals surface area contributed by atoms with Gasteiger partial charge in [-0.1, -0.05) is 25.3 Å². The van der Waals surface area contributed by atoms with E-state index in [1.807, 2.05) is 0 Å². The van der Waals surface area contributed by atoms with Crippen LogP contribution in [0.4, 0.5) is 0 Å². The van der Waals surface area contributed by atoms with Crippen molar-refractivity contribution in [3.05, 3.63) is 12.7 Å². The second-order valence-corrected chi connectivity index (χ2v) is 4.95. The Morgan fingerprint density at radius 1 is 1.40 bits per heavy atom. The summed E-state index contributed by atoms with van der Waals surface area (Å²) in [5, 5.41) is 11.6. The number of nitrogens with one attached hydrogen (secondary N) is 1. The second-order valence-electron chi connectivity index (χ2n) is 4.95. The molecule has 2 N–H and O–H groups in total. The Labute approximate surface area is 119 Å². The van der Waals surface area contributed by atoms with Crippen molar-refractivity contribution in [2.24, 2.45) is 0 Å². The van der Waals surface area contributed by atoms with Crippen LogP contribution in [-0.4, -0.2) is 48.9 Å². The third-order valence-corrected chi connectivity index (χ3v) is 3.59. The van der Waals surface area contributed by atoms with Crippen LogP contribution in [0.5, 0.6) is 0 Å². The van der Waals surface area contributed by atoms with Crippen molar-refractivity contribution in [1.29, 1.82) is 0 Å². The average Bonchev–Trinajstić information content (AvgIpc) is 2.46. The monoisotopic (exact) mass is 285 g/mol. The van der Waals surface area contributed by atoms with Crippen molar-refractivity contribution < 1.29 is 24.2 Å². The Hall–Kier alpha value is -1.40. The SMILES string of the molecule is C=CCOCC(NC(=O)C1(OC)CCCCC1)C(=O)O. The largest absolute Gasteiger partial charge is 0.480 e. The molecule has 1 unspecified atom stereocenters. The van der Waals surface area contributed by atoms with E-state index in [9.17, 15) is 9.59 Å². The summed E-state index contributed by atoms with van der Waals surface area (Å²) in [6, 6.07) is -1.07. The molecule has 0 radical (unpaired) electrons. The first-order valence-corrected chi connectivity index (χ1v) is 6.83. The number of hydrogen-bond acceptors (Lipinski definition) is 4. The average molecular weight is 285 g/mol. The van der Waals surface area contributed by atoms with E-state index in [-0.39, 0.29) is 19.1 Å². The molecule has 1 atom stereocenters. The summed E-state index contributed by atoms with van der Waals surface area (Å²) in [4.78, 5) is 23.5. The molecule has 1 saturated carbocycles. The van der Waals surface area contributed by atoms with Crippen molar-refractivity contribution in [2.75, 3.05) is 20.3 Å².